The Kier molecular flexibility index (Phi) is 1.91. The highest BCUT2D eigenvalue weighted by molar-refractivity contribution is 5.61. The summed E-state index contributed by atoms with van der Waals surface area (Å²) in [6, 6.07) is 0. The van der Waals surface area contributed by atoms with Crippen LogP contribution in [0.5, 0.6) is 0 Å². The largest absolute Gasteiger partial charge is 0.382 e. The topological polar surface area (TPSA) is 98.3 Å². The number of anilines is 1. The van der Waals surface area contributed by atoms with E-state index in [0.717, 1.165) is 17.7 Å². The number of nitrogens with zero attached hydrogens (tertiary/aromatic N) is 5. The lowest BCUT2D eigenvalue weighted by Gasteiger charge is -1.94. The van der Waals surface area contributed by atoms with Crippen LogP contribution in [0.25, 0.3) is 11.5 Å². The Morgan fingerprint density at radius 1 is 1.50 bits per heavy atom. The summed E-state index contributed by atoms with van der Waals surface area (Å²) in [6.07, 6.45) is 0.788. The molecule has 0 aliphatic carbocycles. The lowest BCUT2D eigenvalue weighted by atomic mass is 10.2. The molecule has 2 aromatic rings. The molecule has 0 atom stereocenters. The molecular weight excluding hydrogens is 182 g/mol. The van der Waals surface area contributed by atoms with Crippen LogP contribution in [0.1, 0.15) is 12.5 Å². The van der Waals surface area contributed by atoms with Gasteiger partial charge in [0.15, 0.2) is 0 Å². The molecule has 0 saturated heterocycles. The normalized spacial score (nSPS) is 10.7. The van der Waals surface area contributed by atoms with E-state index in [0.29, 0.717) is 11.6 Å². The van der Waals surface area contributed by atoms with Gasteiger partial charge in [-0.25, -0.2) is 0 Å². The molecule has 2 rings (SSSR count). The Balaban J connectivity index is 2.51. The second kappa shape index (κ2) is 3.09. The molecule has 0 spiro atoms. The predicted molar refractivity (Wildman–Crippen MR) is 50.2 cm³/mol. The molecule has 0 aliphatic heterocycles. The molecule has 0 bridgehead atoms. The Hall–Kier alpha value is -1.92. The summed E-state index contributed by atoms with van der Waals surface area (Å²) in [5.41, 5.74) is 7.35. The van der Waals surface area contributed by atoms with E-state index < -0.39 is 0 Å². The highest BCUT2D eigenvalue weighted by atomic mass is 15.6. The first-order valence-electron chi connectivity index (χ1n) is 4.29. The first-order chi connectivity index (χ1) is 6.72. The molecule has 2 heterocycles. The Morgan fingerprint density at radius 2 is 2.29 bits per heavy atom. The van der Waals surface area contributed by atoms with E-state index in [-0.39, 0.29) is 0 Å². The fourth-order valence-corrected chi connectivity index (χ4v) is 1.31. The highest BCUT2D eigenvalue weighted by Gasteiger charge is 2.14. The highest BCUT2D eigenvalue weighted by Crippen LogP contribution is 2.21. The van der Waals surface area contributed by atoms with Crippen molar-refractivity contribution in [2.45, 2.75) is 13.3 Å². The van der Waals surface area contributed by atoms with Crippen molar-refractivity contribution in [1.82, 2.24) is 30.4 Å². The van der Waals surface area contributed by atoms with Gasteiger partial charge in [-0.3, -0.25) is 5.10 Å². The van der Waals surface area contributed by atoms with Crippen molar-refractivity contribution in [3.63, 3.8) is 0 Å². The van der Waals surface area contributed by atoms with Gasteiger partial charge in [-0.05, 0) is 11.6 Å². The number of nitrogen functional groups attached to an aromatic ring is 1. The van der Waals surface area contributed by atoms with Gasteiger partial charge in [-0.2, -0.15) is 9.90 Å². The summed E-state index contributed by atoms with van der Waals surface area (Å²) in [5.74, 6) is 1.02. The summed E-state index contributed by atoms with van der Waals surface area (Å²) in [5, 5.41) is 18.4. The number of rotatable bonds is 2. The molecule has 0 aromatic carbocycles. The number of hydrogen-bond donors (Lipinski definition) is 2. The van der Waals surface area contributed by atoms with E-state index >= 15 is 0 Å². The summed E-state index contributed by atoms with van der Waals surface area (Å²) in [4.78, 5) is 1.39. The number of tetrazole rings is 1. The zero-order valence-electron chi connectivity index (χ0n) is 8.02. The molecule has 7 heteroatoms. The van der Waals surface area contributed by atoms with Gasteiger partial charge in [-0.1, -0.05) is 6.92 Å². The molecule has 0 radical (unpaired) electrons. The van der Waals surface area contributed by atoms with Crippen molar-refractivity contribution in [2.75, 3.05) is 5.73 Å². The zero-order valence-corrected chi connectivity index (χ0v) is 8.02. The standard InChI is InChI=1S/C7H11N7/c1-3-4-5(9-10-6(4)8)7-11-13-14(2)12-7/h3H2,1-2H3,(H3,8,9,10). The van der Waals surface area contributed by atoms with Crippen LogP contribution in [-0.2, 0) is 13.5 Å². The molecule has 3 N–H and O–H groups in total. The fourth-order valence-electron chi connectivity index (χ4n) is 1.31. The second-order valence-electron chi connectivity index (χ2n) is 2.92. The average Bonchev–Trinajstić information content (AvgIpc) is 2.71. The number of aromatic nitrogens is 6. The molecule has 14 heavy (non-hydrogen) atoms. The van der Waals surface area contributed by atoms with Crippen molar-refractivity contribution in [2.24, 2.45) is 7.05 Å². The first kappa shape index (κ1) is 8.67. The second-order valence-corrected chi connectivity index (χ2v) is 2.92. The van der Waals surface area contributed by atoms with Crippen LogP contribution in [-0.4, -0.2) is 30.4 Å². The molecule has 0 saturated carbocycles. The van der Waals surface area contributed by atoms with Gasteiger partial charge in [0.25, 0.3) is 0 Å². The van der Waals surface area contributed by atoms with Crippen LogP contribution < -0.4 is 5.73 Å². The monoisotopic (exact) mass is 193 g/mol. The molecule has 74 valence electrons. The summed E-state index contributed by atoms with van der Waals surface area (Å²) < 4.78 is 0. The summed E-state index contributed by atoms with van der Waals surface area (Å²) in [7, 11) is 1.71. The Bertz CT molecular complexity index is 441. The minimum absolute atomic E-state index is 0.495. The van der Waals surface area contributed by atoms with Crippen LogP contribution in [0.3, 0.4) is 0 Å². The lowest BCUT2D eigenvalue weighted by Crippen LogP contribution is -1.93. The van der Waals surface area contributed by atoms with Gasteiger partial charge < -0.3 is 5.73 Å². The third kappa shape index (κ3) is 1.22. The van der Waals surface area contributed by atoms with Gasteiger partial charge in [0.2, 0.25) is 5.82 Å². The Labute approximate surface area is 80.3 Å². The van der Waals surface area contributed by atoms with E-state index in [1.54, 1.807) is 7.05 Å². The quantitative estimate of drug-likeness (QED) is 0.685. The van der Waals surface area contributed by atoms with E-state index in [1.165, 1.54) is 4.80 Å². The first-order valence-corrected chi connectivity index (χ1v) is 4.29. The lowest BCUT2D eigenvalue weighted by molar-refractivity contribution is 0.630. The fraction of sp³-hybridized carbons (Fsp3) is 0.429. The number of nitrogens with one attached hydrogen (secondary N) is 1. The molecular formula is C7H11N7. The van der Waals surface area contributed by atoms with Crippen molar-refractivity contribution >= 4 is 5.82 Å². The van der Waals surface area contributed by atoms with Gasteiger partial charge in [-0.15, -0.1) is 10.2 Å². The number of hydrogen-bond acceptors (Lipinski definition) is 5. The number of H-pyrrole nitrogens is 1. The van der Waals surface area contributed by atoms with Gasteiger partial charge >= 0.3 is 0 Å². The maximum absolute atomic E-state index is 5.67. The molecule has 0 amide bonds. The van der Waals surface area contributed by atoms with Crippen molar-refractivity contribution in [3.8, 4) is 11.5 Å². The van der Waals surface area contributed by atoms with E-state index in [4.69, 9.17) is 5.73 Å². The molecule has 7 nitrogen and oxygen atoms in total. The van der Waals surface area contributed by atoms with Crippen molar-refractivity contribution in [3.05, 3.63) is 5.56 Å². The van der Waals surface area contributed by atoms with Crippen LogP contribution in [0.2, 0.25) is 0 Å². The number of aromatic amines is 1. The third-order valence-corrected chi connectivity index (χ3v) is 1.98. The Morgan fingerprint density at radius 3 is 2.86 bits per heavy atom. The maximum Gasteiger partial charge on any atom is 0.222 e. The summed E-state index contributed by atoms with van der Waals surface area (Å²) >= 11 is 0. The van der Waals surface area contributed by atoms with Crippen LogP contribution >= 0.6 is 0 Å². The molecule has 0 unspecified atom stereocenters. The van der Waals surface area contributed by atoms with Crippen LogP contribution in [0, 0.1) is 0 Å². The van der Waals surface area contributed by atoms with E-state index in [2.05, 4.69) is 25.6 Å². The van der Waals surface area contributed by atoms with Crippen molar-refractivity contribution in [1.29, 1.82) is 0 Å². The average molecular weight is 193 g/mol. The molecule has 0 aliphatic rings. The van der Waals surface area contributed by atoms with Gasteiger partial charge in [0.1, 0.15) is 11.5 Å². The predicted octanol–water partition coefficient (Wildman–Crippen LogP) is -0.255. The minimum atomic E-state index is 0.495. The van der Waals surface area contributed by atoms with Crippen molar-refractivity contribution < 1.29 is 0 Å². The van der Waals surface area contributed by atoms with Gasteiger partial charge in [0, 0.05) is 5.56 Å². The SMILES string of the molecule is CCc1c(N)n[nH]c1-c1nnn(C)n1. The number of nitrogens with two attached hydrogens (primary N) is 1. The van der Waals surface area contributed by atoms with Crippen LogP contribution in [0.15, 0.2) is 0 Å². The number of aryl methyl sites for hydroxylation is 1. The van der Waals surface area contributed by atoms with Gasteiger partial charge in [0.05, 0.1) is 7.05 Å². The summed E-state index contributed by atoms with van der Waals surface area (Å²) in [6.45, 7) is 2.00. The molecule has 0 fully saturated rings. The third-order valence-electron chi connectivity index (χ3n) is 1.98. The van der Waals surface area contributed by atoms with Crippen LogP contribution in [0.4, 0.5) is 5.82 Å². The van der Waals surface area contributed by atoms with E-state index in [9.17, 15) is 0 Å². The smallest absolute Gasteiger partial charge is 0.222 e. The minimum Gasteiger partial charge on any atom is -0.382 e. The zero-order chi connectivity index (χ0) is 10.1. The van der Waals surface area contributed by atoms with E-state index in [1.807, 2.05) is 6.92 Å². The molecule has 2 aromatic heterocycles. The maximum atomic E-state index is 5.67.